The molecule has 154 valence electrons. The number of aryl methyl sites for hydroxylation is 1. The maximum absolute atomic E-state index is 12.7. The average Bonchev–Trinajstić information content (AvgIpc) is 3.43. The van der Waals surface area contributed by atoms with Crippen LogP contribution in [0.15, 0.2) is 65.2 Å². The number of hydrogen-bond acceptors (Lipinski definition) is 7. The maximum atomic E-state index is 12.7. The van der Waals surface area contributed by atoms with E-state index in [4.69, 9.17) is 4.42 Å². The molecule has 4 aromatic heterocycles. The van der Waals surface area contributed by atoms with Crippen molar-refractivity contribution < 1.29 is 9.21 Å². The van der Waals surface area contributed by atoms with Gasteiger partial charge in [-0.1, -0.05) is 18.2 Å². The first-order chi connectivity index (χ1) is 15.2. The highest BCUT2D eigenvalue weighted by Crippen LogP contribution is 2.21. The van der Waals surface area contributed by atoms with Crippen LogP contribution in [0.3, 0.4) is 0 Å². The second-order valence-electron chi connectivity index (χ2n) is 6.99. The lowest BCUT2D eigenvalue weighted by Crippen LogP contribution is -2.23. The Hall–Kier alpha value is -4.27. The fraction of sp³-hybridized carbons (Fsp3) is 0.136. The number of anilines is 1. The molecule has 4 heterocycles. The number of nitrogens with one attached hydrogen (secondary N) is 2. The third-order valence-electron chi connectivity index (χ3n) is 4.75. The molecular formula is C22H19N7O2. The van der Waals surface area contributed by atoms with E-state index in [9.17, 15) is 4.79 Å². The Bertz CT molecular complexity index is 1370. The summed E-state index contributed by atoms with van der Waals surface area (Å²) < 4.78 is 7.13. The minimum atomic E-state index is -0.391. The van der Waals surface area contributed by atoms with E-state index in [1.165, 1.54) is 0 Å². The summed E-state index contributed by atoms with van der Waals surface area (Å²) in [5.74, 6) is 1.65. The van der Waals surface area contributed by atoms with Crippen LogP contribution in [0, 0.1) is 6.92 Å². The quantitative estimate of drug-likeness (QED) is 0.440. The molecule has 0 saturated carbocycles. The fourth-order valence-electron chi connectivity index (χ4n) is 3.26. The van der Waals surface area contributed by atoms with E-state index in [-0.39, 0.29) is 12.4 Å². The van der Waals surface area contributed by atoms with Crippen LogP contribution in [0.5, 0.6) is 0 Å². The van der Waals surface area contributed by atoms with E-state index in [2.05, 4.69) is 30.7 Å². The Morgan fingerprint density at radius 1 is 1.03 bits per heavy atom. The largest absolute Gasteiger partial charge is 0.465 e. The van der Waals surface area contributed by atoms with Crippen molar-refractivity contribution in [2.75, 3.05) is 5.32 Å². The van der Waals surface area contributed by atoms with Crippen molar-refractivity contribution in [3.8, 4) is 0 Å². The number of aromatic nitrogens is 5. The zero-order valence-electron chi connectivity index (χ0n) is 16.7. The molecule has 0 aliphatic rings. The molecule has 0 aliphatic carbocycles. The number of nitrogens with zero attached hydrogens (tertiary/aromatic N) is 5. The topological polar surface area (TPSA) is 110 Å². The van der Waals surface area contributed by atoms with Crippen LogP contribution < -0.4 is 10.6 Å². The number of carbonyl (C=O) groups excluding carboxylic acids is 1. The maximum Gasteiger partial charge on any atom is 0.291 e. The molecular weight excluding hydrogens is 394 g/mol. The summed E-state index contributed by atoms with van der Waals surface area (Å²) in [5, 5.41) is 10.5. The van der Waals surface area contributed by atoms with Crippen LogP contribution in [-0.2, 0) is 13.1 Å². The number of amides is 1. The van der Waals surface area contributed by atoms with Crippen molar-refractivity contribution in [1.29, 1.82) is 0 Å². The molecule has 9 heteroatoms. The standard InChI is InChI=1S/C22H19N7O2/c1-14-9-10-16(31-14)13-25-22(30)20-27-21-19(24-12-15-6-4-5-11-23-15)26-17-7-2-3-8-18(17)29(21)28-20/h2-11H,12-13H2,1H3,(H,24,26)(H,25,30). The van der Waals surface area contributed by atoms with Gasteiger partial charge in [-0.05, 0) is 43.3 Å². The van der Waals surface area contributed by atoms with Crippen LogP contribution in [0.25, 0.3) is 16.7 Å². The van der Waals surface area contributed by atoms with E-state index in [0.29, 0.717) is 23.8 Å². The van der Waals surface area contributed by atoms with Crippen molar-refractivity contribution in [3.63, 3.8) is 0 Å². The van der Waals surface area contributed by atoms with Gasteiger partial charge in [-0.3, -0.25) is 9.78 Å². The van der Waals surface area contributed by atoms with Gasteiger partial charge in [-0.2, -0.15) is 4.98 Å². The number of para-hydroxylation sites is 2. The van der Waals surface area contributed by atoms with Crippen LogP contribution >= 0.6 is 0 Å². The lowest BCUT2D eigenvalue weighted by Gasteiger charge is -2.08. The van der Waals surface area contributed by atoms with Gasteiger partial charge < -0.3 is 15.1 Å². The number of benzene rings is 1. The van der Waals surface area contributed by atoms with Crippen LogP contribution in [0.4, 0.5) is 5.82 Å². The molecule has 5 rings (SSSR count). The summed E-state index contributed by atoms with van der Waals surface area (Å²) >= 11 is 0. The summed E-state index contributed by atoms with van der Waals surface area (Å²) in [4.78, 5) is 26.1. The predicted octanol–water partition coefficient (Wildman–Crippen LogP) is 3.12. The minimum Gasteiger partial charge on any atom is -0.465 e. The normalized spacial score (nSPS) is 11.1. The van der Waals surface area contributed by atoms with Gasteiger partial charge in [-0.15, -0.1) is 5.10 Å². The lowest BCUT2D eigenvalue weighted by atomic mass is 10.3. The highest BCUT2D eigenvalue weighted by Gasteiger charge is 2.18. The van der Waals surface area contributed by atoms with Crippen LogP contribution in [0.1, 0.15) is 27.8 Å². The molecule has 0 atom stereocenters. The van der Waals surface area contributed by atoms with Crippen LogP contribution in [0.2, 0.25) is 0 Å². The summed E-state index contributed by atoms with van der Waals surface area (Å²) in [6.07, 6.45) is 1.74. The smallest absolute Gasteiger partial charge is 0.291 e. The van der Waals surface area contributed by atoms with Crippen molar-refractivity contribution in [2.24, 2.45) is 0 Å². The average molecular weight is 413 g/mol. The van der Waals surface area contributed by atoms with Crippen LogP contribution in [-0.4, -0.2) is 30.5 Å². The van der Waals surface area contributed by atoms with Gasteiger partial charge in [0.15, 0.2) is 11.5 Å². The number of carbonyl (C=O) groups is 1. The SMILES string of the molecule is Cc1ccc(CNC(=O)c2nc3c(NCc4ccccn4)nc4ccccc4n3n2)o1. The molecule has 9 nitrogen and oxygen atoms in total. The molecule has 0 bridgehead atoms. The first-order valence-corrected chi connectivity index (χ1v) is 9.80. The van der Waals surface area contributed by atoms with Crippen molar-refractivity contribution in [3.05, 3.63) is 83.8 Å². The molecule has 0 fully saturated rings. The Balaban J connectivity index is 1.47. The van der Waals surface area contributed by atoms with Crippen molar-refractivity contribution >= 4 is 28.4 Å². The Labute approximate surface area is 177 Å². The van der Waals surface area contributed by atoms with Gasteiger partial charge in [0.25, 0.3) is 5.91 Å². The molecule has 0 spiro atoms. The van der Waals surface area contributed by atoms with Gasteiger partial charge in [0.05, 0.1) is 29.8 Å². The Morgan fingerprint density at radius 2 is 1.90 bits per heavy atom. The Morgan fingerprint density at radius 3 is 2.71 bits per heavy atom. The second kappa shape index (κ2) is 7.86. The Kier molecular flexibility index (Phi) is 4.75. The summed E-state index contributed by atoms with van der Waals surface area (Å²) in [5.41, 5.74) is 2.82. The summed E-state index contributed by atoms with van der Waals surface area (Å²) in [6.45, 7) is 2.58. The highest BCUT2D eigenvalue weighted by molar-refractivity contribution is 5.92. The first kappa shape index (κ1) is 18.7. The summed E-state index contributed by atoms with van der Waals surface area (Å²) in [7, 11) is 0. The molecule has 2 N–H and O–H groups in total. The fourth-order valence-corrected chi connectivity index (χ4v) is 3.26. The monoisotopic (exact) mass is 413 g/mol. The highest BCUT2D eigenvalue weighted by atomic mass is 16.3. The third kappa shape index (κ3) is 3.80. The molecule has 31 heavy (non-hydrogen) atoms. The second-order valence-corrected chi connectivity index (χ2v) is 6.99. The third-order valence-corrected chi connectivity index (χ3v) is 4.75. The van der Waals surface area contributed by atoms with E-state index in [1.807, 2.05) is 61.5 Å². The number of fused-ring (bicyclic) bond motifs is 3. The number of furan rings is 1. The molecule has 5 aromatic rings. The minimum absolute atomic E-state index is 0.0577. The van der Waals surface area contributed by atoms with Gasteiger partial charge in [0.2, 0.25) is 5.82 Å². The predicted molar refractivity (Wildman–Crippen MR) is 114 cm³/mol. The molecule has 1 amide bonds. The lowest BCUT2D eigenvalue weighted by molar-refractivity contribution is 0.0938. The van der Waals surface area contributed by atoms with Crippen molar-refractivity contribution in [2.45, 2.75) is 20.0 Å². The number of rotatable bonds is 6. The zero-order valence-corrected chi connectivity index (χ0v) is 16.7. The van der Waals surface area contributed by atoms with E-state index < -0.39 is 5.91 Å². The molecule has 0 unspecified atom stereocenters. The molecule has 1 aromatic carbocycles. The molecule has 0 aliphatic heterocycles. The van der Waals surface area contributed by atoms with Gasteiger partial charge in [0, 0.05) is 6.20 Å². The van der Waals surface area contributed by atoms with Gasteiger partial charge in [0.1, 0.15) is 11.5 Å². The van der Waals surface area contributed by atoms with Crippen molar-refractivity contribution in [1.82, 2.24) is 29.9 Å². The first-order valence-electron chi connectivity index (χ1n) is 9.80. The van der Waals surface area contributed by atoms with E-state index >= 15 is 0 Å². The number of hydrogen-bond donors (Lipinski definition) is 2. The van der Waals surface area contributed by atoms with E-state index in [1.54, 1.807) is 10.7 Å². The van der Waals surface area contributed by atoms with E-state index in [0.717, 1.165) is 22.5 Å². The molecule has 0 saturated heterocycles. The summed E-state index contributed by atoms with van der Waals surface area (Å²) in [6, 6.07) is 17.0. The van der Waals surface area contributed by atoms with Gasteiger partial charge in [-0.25, -0.2) is 9.50 Å². The molecule has 0 radical (unpaired) electrons. The zero-order chi connectivity index (χ0) is 21.2. The van der Waals surface area contributed by atoms with Gasteiger partial charge >= 0.3 is 0 Å². The number of pyridine rings is 1.